The van der Waals surface area contributed by atoms with Crippen LogP contribution in [0.5, 0.6) is 0 Å². The first kappa shape index (κ1) is 22.4. The number of hydrogen-bond acceptors (Lipinski definition) is 5. The molecule has 1 aromatic carbocycles. The normalized spacial score (nSPS) is 18.2. The van der Waals surface area contributed by atoms with Crippen LogP contribution in [0.2, 0.25) is 0 Å². The fraction of sp³-hybridized carbons (Fsp3) is 0.478. The number of alkyl halides is 3. The molecular weight excluding hydrogens is 419 g/mol. The first-order chi connectivity index (χ1) is 15.3. The molecule has 1 aromatic heterocycles. The monoisotopic (exact) mass is 447 g/mol. The van der Waals surface area contributed by atoms with Crippen molar-refractivity contribution in [2.75, 3.05) is 68.7 Å². The Kier molecular flexibility index (Phi) is 6.55. The van der Waals surface area contributed by atoms with Gasteiger partial charge in [0.25, 0.3) is 0 Å². The Morgan fingerprint density at radius 1 is 0.938 bits per heavy atom. The molecular formula is C23H28F3N5O. The number of nitrogens with zero attached hydrogens (tertiary/aromatic N) is 5. The number of benzene rings is 1. The molecule has 32 heavy (non-hydrogen) atoms. The Morgan fingerprint density at radius 3 is 2.22 bits per heavy atom. The number of carbonyl (C=O) groups excluding carboxylic acids is 1. The Labute approximate surface area is 186 Å². The number of amides is 1. The number of hydrogen-bond donors (Lipinski definition) is 0. The zero-order valence-corrected chi connectivity index (χ0v) is 18.2. The minimum atomic E-state index is -4.38. The maximum atomic E-state index is 12.8. The first-order valence-electron chi connectivity index (χ1n) is 10.9. The van der Waals surface area contributed by atoms with Crippen LogP contribution in [0.1, 0.15) is 11.1 Å². The molecule has 1 amide bonds. The van der Waals surface area contributed by atoms with Crippen LogP contribution in [-0.4, -0.2) is 79.6 Å². The summed E-state index contributed by atoms with van der Waals surface area (Å²) < 4.78 is 38.1. The second kappa shape index (κ2) is 9.36. The van der Waals surface area contributed by atoms with Gasteiger partial charge in [0.15, 0.2) is 0 Å². The van der Waals surface area contributed by atoms with Gasteiger partial charge in [-0.1, -0.05) is 12.1 Å². The van der Waals surface area contributed by atoms with Gasteiger partial charge in [0.2, 0.25) is 5.91 Å². The number of rotatable bonds is 4. The topological polar surface area (TPSA) is 42.9 Å². The molecule has 2 aliphatic rings. The highest BCUT2D eigenvalue weighted by atomic mass is 19.4. The van der Waals surface area contributed by atoms with Gasteiger partial charge in [0.1, 0.15) is 5.82 Å². The van der Waals surface area contributed by atoms with Crippen molar-refractivity contribution in [3.63, 3.8) is 0 Å². The number of halogens is 3. The van der Waals surface area contributed by atoms with Gasteiger partial charge in [-0.15, -0.1) is 0 Å². The lowest BCUT2D eigenvalue weighted by Crippen LogP contribution is -2.54. The van der Waals surface area contributed by atoms with Crippen molar-refractivity contribution in [3.05, 3.63) is 53.7 Å². The van der Waals surface area contributed by atoms with E-state index in [2.05, 4.69) is 46.0 Å². The molecule has 2 aliphatic heterocycles. The van der Waals surface area contributed by atoms with Gasteiger partial charge in [0, 0.05) is 64.2 Å². The van der Waals surface area contributed by atoms with Gasteiger partial charge < -0.3 is 14.7 Å². The molecule has 0 bridgehead atoms. The number of piperazine rings is 2. The van der Waals surface area contributed by atoms with E-state index in [4.69, 9.17) is 0 Å². The van der Waals surface area contributed by atoms with Crippen molar-refractivity contribution in [2.24, 2.45) is 0 Å². The van der Waals surface area contributed by atoms with E-state index >= 15 is 0 Å². The predicted octanol–water partition coefficient (Wildman–Crippen LogP) is 2.88. The summed E-state index contributed by atoms with van der Waals surface area (Å²) in [6.07, 6.45) is -3.50. The largest absolute Gasteiger partial charge is 0.417 e. The van der Waals surface area contributed by atoms with Crippen LogP contribution in [-0.2, 0) is 11.0 Å². The zero-order chi connectivity index (χ0) is 22.7. The van der Waals surface area contributed by atoms with Crippen molar-refractivity contribution in [3.8, 4) is 0 Å². The Balaban J connectivity index is 1.23. The van der Waals surface area contributed by atoms with Gasteiger partial charge in [-0.3, -0.25) is 9.69 Å². The van der Waals surface area contributed by atoms with E-state index < -0.39 is 11.7 Å². The zero-order valence-electron chi connectivity index (χ0n) is 18.2. The second-order valence-corrected chi connectivity index (χ2v) is 8.37. The Morgan fingerprint density at radius 2 is 1.62 bits per heavy atom. The fourth-order valence-corrected chi connectivity index (χ4v) is 4.21. The molecule has 3 heterocycles. The lowest BCUT2D eigenvalue weighted by Gasteiger charge is -2.39. The molecule has 0 unspecified atom stereocenters. The van der Waals surface area contributed by atoms with E-state index in [-0.39, 0.29) is 5.91 Å². The molecule has 0 radical (unpaired) electrons. The quantitative estimate of drug-likeness (QED) is 0.721. The summed E-state index contributed by atoms with van der Waals surface area (Å²) in [7, 11) is 0. The summed E-state index contributed by atoms with van der Waals surface area (Å²) in [5.74, 6) is 0.672. The molecule has 6 nitrogen and oxygen atoms in total. The second-order valence-electron chi connectivity index (χ2n) is 8.37. The number of anilines is 2. The summed E-state index contributed by atoms with van der Waals surface area (Å²) in [6.45, 7) is 8.14. The Hall–Kier alpha value is -2.81. The maximum Gasteiger partial charge on any atom is 0.417 e. The van der Waals surface area contributed by atoms with E-state index in [1.54, 1.807) is 0 Å². The molecule has 0 saturated carbocycles. The molecule has 0 N–H and O–H groups in total. The van der Waals surface area contributed by atoms with Gasteiger partial charge in [-0.05, 0) is 36.8 Å². The van der Waals surface area contributed by atoms with Crippen LogP contribution in [0.3, 0.4) is 0 Å². The van der Waals surface area contributed by atoms with Gasteiger partial charge in [-0.2, -0.15) is 13.2 Å². The number of aryl methyl sites for hydroxylation is 1. The van der Waals surface area contributed by atoms with Crippen LogP contribution >= 0.6 is 0 Å². The number of pyridine rings is 1. The SMILES string of the molecule is Cc1cccc(N2CCN(C(=O)CN3CCN(c4ccc(C(F)(F)F)cn4)CC3)CC2)c1. The Bertz CT molecular complexity index is 918. The molecule has 2 aromatic rings. The molecule has 4 rings (SSSR count). The lowest BCUT2D eigenvalue weighted by molar-refractivity contribution is -0.137. The number of aromatic nitrogens is 1. The molecule has 0 aliphatic carbocycles. The third kappa shape index (κ3) is 5.32. The van der Waals surface area contributed by atoms with Gasteiger partial charge in [0.05, 0.1) is 12.1 Å². The standard InChI is InChI=1S/C23H28F3N5O/c1-18-3-2-4-20(15-18)29-11-13-31(14-12-29)22(32)17-28-7-9-30(10-8-28)21-6-5-19(16-27-21)23(24,25)26/h2-6,15-16H,7-14,17H2,1H3. The molecule has 0 atom stereocenters. The molecule has 9 heteroatoms. The summed E-state index contributed by atoms with van der Waals surface area (Å²) >= 11 is 0. The van der Waals surface area contributed by atoms with Crippen LogP contribution in [0.15, 0.2) is 42.6 Å². The summed E-state index contributed by atoms with van der Waals surface area (Å²) in [4.78, 5) is 25.1. The van der Waals surface area contributed by atoms with Crippen molar-refractivity contribution < 1.29 is 18.0 Å². The third-order valence-corrected chi connectivity index (χ3v) is 6.13. The highest BCUT2D eigenvalue weighted by Crippen LogP contribution is 2.29. The molecule has 0 spiro atoms. The van der Waals surface area contributed by atoms with E-state index in [1.165, 1.54) is 17.3 Å². The van der Waals surface area contributed by atoms with Crippen LogP contribution in [0, 0.1) is 6.92 Å². The fourth-order valence-electron chi connectivity index (χ4n) is 4.21. The van der Waals surface area contributed by atoms with Gasteiger partial charge in [-0.25, -0.2) is 4.98 Å². The van der Waals surface area contributed by atoms with Gasteiger partial charge >= 0.3 is 6.18 Å². The van der Waals surface area contributed by atoms with Crippen LogP contribution < -0.4 is 9.80 Å². The molecule has 2 saturated heterocycles. The minimum Gasteiger partial charge on any atom is -0.368 e. The molecule has 2 fully saturated rings. The van der Waals surface area contributed by atoms with Crippen LogP contribution in [0.4, 0.5) is 24.7 Å². The highest BCUT2D eigenvalue weighted by molar-refractivity contribution is 5.78. The summed E-state index contributed by atoms with van der Waals surface area (Å²) in [6, 6.07) is 10.9. The smallest absolute Gasteiger partial charge is 0.368 e. The predicted molar refractivity (Wildman–Crippen MR) is 118 cm³/mol. The van der Waals surface area contributed by atoms with Crippen molar-refractivity contribution in [2.45, 2.75) is 13.1 Å². The average molecular weight is 448 g/mol. The maximum absolute atomic E-state index is 12.8. The van der Waals surface area contributed by atoms with E-state index in [9.17, 15) is 18.0 Å². The number of carbonyl (C=O) groups is 1. The van der Waals surface area contributed by atoms with Crippen LogP contribution in [0.25, 0.3) is 0 Å². The highest BCUT2D eigenvalue weighted by Gasteiger charge is 2.31. The summed E-state index contributed by atoms with van der Waals surface area (Å²) in [5, 5.41) is 0. The van der Waals surface area contributed by atoms with E-state index in [1.807, 2.05) is 9.80 Å². The minimum absolute atomic E-state index is 0.134. The van der Waals surface area contributed by atoms with Crippen molar-refractivity contribution >= 4 is 17.4 Å². The third-order valence-electron chi connectivity index (χ3n) is 6.13. The molecule has 172 valence electrons. The first-order valence-corrected chi connectivity index (χ1v) is 10.9. The van der Waals surface area contributed by atoms with E-state index in [0.717, 1.165) is 25.4 Å². The van der Waals surface area contributed by atoms with Crippen molar-refractivity contribution in [1.82, 2.24) is 14.8 Å². The van der Waals surface area contributed by atoms with Crippen molar-refractivity contribution in [1.29, 1.82) is 0 Å². The summed E-state index contributed by atoms with van der Waals surface area (Å²) in [5.41, 5.74) is 1.68. The lowest BCUT2D eigenvalue weighted by atomic mass is 10.2. The van der Waals surface area contributed by atoms with E-state index in [0.29, 0.717) is 51.6 Å². The average Bonchev–Trinajstić information content (AvgIpc) is 2.79.